The molecule has 6 nitrogen and oxygen atoms in total. The Morgan fingerprint density at radius 3 is 2.44 bits per heavy atom. The van der Waals surface area contributed by atoms with E-state index in [0.29, 0.717) is 11.3 Å². The van der Waals surface area contributed by atoms with Crippen LogP contribution in [0, 0.1) is 0 Å². The Hall–Kier alpha value is -2.37. The lowest BCUT2D eigenvalue weighted by Crippen LogP contribution is -2.01. The van der Waals surface area contributed by atoms with Crippen molar-refractivity contribution in [1.82, 2.24) is 9.38 Å². The van der Waals surface area contributed by atoms with Crippen molar-refractivity contribution in [2.24, 2.45) is 0 Å². The normalized spacial score (nSPS) is 11.1. The van der Waals surface area contributed by atoms with E-state index in [2.05, 4.69) is 4.98 Å². The Balaban J connectivity index is 2.79. The van der Waals surface area contributed by atoms with Crippen molar-refractivity contribution >= 4 is 17.5 Å². The zero-order valence-electron chi connectivity index (χ0n) is 9.91. The van der Waals surface area contributed by atoms with Crippen LogP contribution in [0.1, 0.15) is 46.4 Å². The number of rotatable bonds is 3. The number of carboxylic acids is 2. The molecule has 0 aliphatic rings. The second kappa shape index (κ2) is 4.14. The number of imidazole rings is 1. The lowest BCUT2D eigenvalue weighted by Gasteiger charge is -2.04. The lowest BCUT2D eigenvalue weighted by atomic mass is 10.2. The molecule has 6 heteroatoms. The highest BCUT2D eigenvalue weighted by atomic mass is 16.4. The van der Waals surface area contributed by atoms with Gasteiger partial charge in [0.1, 0.15) is 5.82 Å². The molecule has 0 fully saturated rings. The number of carboxylic acid groups (broad SMARTS) is 2. The molecule has 2 aromatic rings. The molecule has 0 aromatic carbocycles. The van der Waals surface area contributed by atoms with Crippen molar-refractivity contribution in [1.29, 1.82) is 0 Å². The van der Waals surface area contributed by atoms with Gasteiger partial charge in [0.15, 0.2) is 5.69 Å². The monoisotopic (exact) mass is 248 g/mol. The summed E-state index contributed by atoms with van der Waals surface area (Å²) in [7, 11) is 0. The number of aromatic nitrogens is 2. The zero-order valence-corrected chi connectivity index (χ0v) is 9.91. The molecular weight excluding hydrogens is 236 g/mol. The topological polar surface area (TPSA) is 91.9 Å². The third-order valence-corrected chi connectivity index (χ3v) is 2.64. The largest absolute Gasteiger partial charge is 0.478 e. The number of nitrogens with zero attached hydrogens (tertiary/aromatic N) is 2. The van der Waals surface area contributed by atoms with Crippen LogP contribution in [0.15, 0.2) is 18.3 Å². The highest BCUT2D eigenvalue weighted by Gasteiger charge is 2.19. The fourth-order valence-electron chi connectivity index (χ4n) is 1.81. The van der Waals surface area contributed by atoms with Crippen molar-refractivity contribution in [3.63, 3.8) is 0 Å². The van der Waals surface area contributed by atoms with Crippen LogP contribution in [0.4, 0.5) is 0 Å². The maximum atomic E-state index is 11.1. The summed E-state index contributed by atoms with van der Waals surface area (Å²) in [6.07, 6.45) is 1.54. The summed E-state index contributed by atoms with van der Waals surface area (Å²) >= 11 is 0. The van der Waals surface area contributed by atoms with Crippen LogP contribution < -0.4 is 0 Å². The average Bonchev–Trinajstić information content (AvgIpc) is 2.67. The van der Waals surface area contributed by atoms with Crippen LogP contribution in [0.3, 0.4) is 0 Å². The summed E-state index contributed by atoms with van der Waals surface area (Å²) in [6.45, 7) is 3.79. The van der Waals surface area contributed by atoms with E-state index in [4.69, 9.17) is 10.2 Å². The number of fused-ring (bicyclic) bond motifs is 1. The Bertz CT molecular complexity index is 643. The fraction of sp³-hybridized carbons (Fsp3) is 0.250. The summed E-state index contributed by atoms with van der Waals surface area (Å²) in [4.78, 5) is 26.1. The Morgan fingerprint density at radius 1 is 1.28 bits per heavy atom. The SMILES string of the molecule is CC(C)c1nc(C(=O)O)c2cc(C(=O)O)ccn12. The fourth-order valence-corrected chi connectivity index (χ4v) is 1.81. The minimum absolute atomic E-state index is 0.0419. The summed E-state index contributed by atoms with van der Waals surface area (Å²) in [6, 6.07) is 2.75. The first-order valence-electron chi connectivity index (χ1n) is 5.40. The van der Waals surface area contributed by atoms with E-state index < -0.39 is 11.9 Å². The van der Waals surface area contributed by atoms with Gasteiger partial charge in [0.05, 0.1) is 11.1 Å². The average molecular weight is 248 g/mol. The smallest absolute Gasteiger partial charge is 0.356 e. The van der Waals surface area contributed by atoms with Crippen LogP contribution >= 0.6 is 0 Å². The molecule has 0 aliphatic carbocycles. The van der Waals surface area contributed by atoms with Gasteiger partial charge in [-0.2, -0.15) is 0 Å². The molecule has 18 heavy (non-hydrogen) atoms. The zero-order chi connectivity index (χ0) is 13.4. The van der Waals surface area contributed by atoms with E-state index in [9.17, 15) is 9.59 Å². The molecule has 0 bridgehead atoms. The summed E-state index contributed by atoms with van der Waals surface area (Å²) in [5, 5.41) is 18.0. The quantitative estimate of drug-likeness (QED) is 0.864. The summed E-state index contributed by atoms with van der Waals surface area (Å²) < 4.78 is 1.61. The standard InChI is InChI=1S/C12H12N2O4/c1-6(2)10-13-9(12(17)18)8-5-7(11(15)16)3-4-14(8)10/h3-6H,1-2H3,(H,15,16)(H,17,18). The van der Waals surface area contributed by atoms with E-state index in [1.54, 1.807) is 4.40 Å². The molecular formula is C12H12N2O4. The van der Waals surface area contributed by atoms with E-state index >= 15 is 0 Å². The van der Waals surface area contributed by atoms with Crippen molar-refractivity contribution in [3.05, 3.63) is 35.4 Å². The first kappa shape index (κ1) is 12.1. The van der Waals surface area contributed by atoms with E-state index in [1.807, 2.05) is 13.8 Å². The second-order valence-electron chi connectivity index (χ2n) is 4.25. The molecule has 0 spiro atoms. The van der Waals surface area contributed by atoms with E-state index in [1.165, 1.54) is 18.3 Å². The Labute approximate surface area is 103 Å². The first-order valence-corrected chi connectivity index (χ1v) is 5.40. The van der Waals surface area contributed by atoms with Crippen molar-refractivity contribution in [2.45, 2.75) is 19.8 Å². The minimum Gasteiger partial charge on any atom is -0.478 e. The first-order chi connectivity index (χ1) is 8.41. The molecule has 2 aromatic heterocycles. The molecule has 0 amide bonds. The highest BCUT2D eigenvalue weighted by Crippen LogP contribution is 2.20. The second-order valence-corrected chi connectivity index (χ2v) is 4.25. The van der Waals surface area contributed by atoms with Gasteiger partial charge in [0, 0.05) is 12.1 Å². The lowest BCUT2D eigenvalue weighted by molar-refractivity contribution is 0.0682. The molecule has 0 atom stereocenters. The van der Waals surface area contributed by atoms with Crippen LogP contribution in [-0.4, -0.2) is 31.5 Å². The van der Waals surface area contributed by atoms with Crippen LogP contribution in [0.25, 0.3) is 5.52 Å². The van der Waals surface area contributed by atoms with Gasteiger partial charge in [0.25, 0.3) is 0 Å². The van der Waals surface area contributed by atoms with E-state index in [0.717, 1.165) is 0 Å². The van der Waals surface area contributed by atoms with Crippen LogP contribution in [0.5, 0.6) is 0 Å². The van der Waals surface area contributed by atoms with Crippen molar-refractivity contribution in [3.8, 4) is 0 Å². The van der Waals surface area contributed by atoms with Gasteiger partial charge in [-0.3, -0.25) is 0 Å². The van der Waals surface area contributed by atoms with Gasteiger partial charge >= 0.3 is 11.9 Å². The predicted octanol–water partition coefficient (Wildman–Crippen LogP) is 1.85. The number of hydrogen-bond acceptors (Lipinski definition) is 3. The van der Waals surface area contributed by atoms with Gasteiger partial charge in [-0.05, 0) is 12.1 Å². The maximum absolute atomic E-state index is 11.1. The highest BCUT2D eigenvalue weighted by molar-refractivity contribution is 5.96. The van der Waals surface area contributed by atoms with Crippen molar-refractivity contribution in [2.75, 3.05) is 0 Å². The molecule has 0 aliphatic heterocycles. The summed E-state index contributed by atoms with van der Waals surface area (Å²) in [5.74, 6) is -1.62. The maximum Gasteiger partial charge on any atom is 0.356 e. The van der Waals surface area contributed by atoms with Gasteiger partial charge in [-0.25, -0.2) is 14.6 Å². The number of carbonyl (C=O) groups is 2. The summed E-state index contributed by atoms with van der Waals surface area (Å²) in [5.41, 5.74) is 0.216. The molecule has 0 saturated heterocycles. The molecule has 2 rings (SSSR count). The third kappa shape index (κ3) is 1.81. The van der Waals surface area contributed by atoms with E-state index in [-0.39, 0.29) is 17.2 Å². The number of hydrogen-bond donors (Lipinski definition) is 2. The molecule has 0 radical (unpaired) electrons. The van der Waals surface area contributed by atoms with Gasteiger partial charge < -0.3 is 14.6 Å². The molecule has 94 valence electrons. The number of aromatic carboxylic acids is 2. The van der Waals surface area contributed by atoms with Crippen LogP contribution in [-0.2, 0) is 0 Å². The van der Waals surface area contributed by atoms with Crippen LogP contribution in [0.2, 0.25) is 0 Å². The Morgan fingerprint density at radius 2 is 1.94 bits per heavy atom. The third-order valence-electron chi connectivity index (χ3n) is 2.64. The van der Waals surface area contributed by atoms with Crippen molar-refractivity contribution < 1.29 is 19.8 Å². The molecule has 0 saturated carbocycles. The molecule has 2 heterocycles. The molecule has 2 N–H and O–H groups in total. The Kier molecular flexibility index (Phi) is 2.78. The predicted molar refractivity (Wildman–Crippen MR) is 63.2 cm³/mol. The molecule has 0 unspecified atom stereocenters. The van der Waals surface area contributed by atoms with Gasteiger partial charge in [0.2, 0.25) is 0 Å². The van der Waals surface area contributed by atoms with Gasteiger partial charge in [-0.15, -0.1) is 0 Å². The minimum atomic E-state index is -1.16. The van der Waals surface area contributed by atoms with Gasteiger partial charge in [-0.1, -0.05) is 13.8 Å². The number of pyridine rings is 1.